The highest BCUT2D eigenvalue weighted by molar-refractivity contribution is 7.99. The van der Waals surface area contributed by atoms with Crippen LogP contribution in [0.25, 0.3) is 11.1 Å². The van der Waals surface area contributed by atoms with E-state index in [4.69, 9.17) is 9.84 Å². The normalized spacial score (nSPS) is 19.6. The summed E-state index contributed by atoms with van der Waals surface area (Å²) < 4.78 is 32.0. The lowest BCUT2D eigenvalue weighted by Gasteiger charge is -2.14. The number of fused-ring (bicyclic) bond motifs is 3. The summed E-state index contributed by atoms with van der Waals surface area (Å²) in [7, 11) is 0. The number of ether oxygens (including phenoxy) is 1. The second kappa shape index (κ2) is 10.0. The number of hydrogen-bond donors (Lipinski definition) is 3. The van der Waals surface area contributed by atoms with E-state index in [1.807, 2.05) is 36.4 Å². The van der Waals surface area contributed by atoms with Gasteiger partial charge in [0.05, 0.1) is 11.7 Å². The Morgan fingerprint density at radius 3 is 2.21 bits per heavy atom. The number of alkyl halides is 2. The van der Waals surface area contributed by atoms with E-state index in [2.05, 4.69) is 22.8 Å². The average Bonchev–Trinajstić information content (AvgIpc) is 3.23. The van der Waals surface area contributed by atoms with Crippen molar-refractivity contribution >= 4 is 29.7 Å². The van der Waals surface area contributed by atoms with E-state index in [0.717, 1.165) is 22.3 Å². The molecule has 2 amide bonds. The van der Waals surface area contributed by atoms with E-state index in [1.54, 1.807) is 0 Å². The summed E-state index contributed by atoms with van der Waals surface area (Å²) in [4.78, 5) is 34.6. The van der Waals surface area contributed by atoms with Crippen molar-refractivity contribution in [3.05, 3.63) is 59.7 Å². The highest BCUT2D eigenvalue weighted by Gasteiger charge is 2.72. The second-order valence-electron chi connectivity index (χ2n) is 8.21. The van der Waals surface area contributed by atoms with Gasteiger partial charge in [-0.15, -0.1) is 0 Å². The predicted octanol–water partition coefficient (Wildman–Crippen LogP) is 3.34. The zero-order valence-electron chi connectivity index (χ0n) is 18.1. The number of benzene rings is 2. The monoisotopic (exact) mass is 490 g/mol. The number of amides is 2. The number of carboxylic acid groups (broad SMARTS) is 1. The predicted molar refractivity (Wildman–Crippen MR) is 123 cm³/mol. The standard InChI is InChI=1S/C24H24F2N2O5S/c25-24(26)19(21(24)22(30)31)11-28-20(29)13-34-10-9-27-23(32)33-12-18-16-7-3-1-5-14(16)15-6-2-4-8-17(15)18/h1-8,18-19,21H,9-13H2,(H,27,32)(H,28,29)(H,30,31). The molecule has 2 aromatic rings. The molecule has 0 aliphatic heterocycles. The maximum Gasteiger partial charge on any atom is 0.407 e. The fraction of sp³-hybridized carbons (Fsp3) is 0.375. The van der Waals surface area contributed by atoms with Crippen LogP contribution in [0.3, 0.4) is 0 Å². The number of thioether (sulfide) groups is 1. The number of alkyl carbamates (subject to hydrolysis) is 1. The van der Waals surface area contributed by atoms with Crippen LogP contribution in [0, 0.1) is 11.8 Å². The molecule has 2 unspecified atom stereocenters. The topological polar surface area (TPSA) is 105 Å². The molecule has 4 rings (SSSR count). The molecule has 0 aromatic heterocycles. The number of nitrogens with one attached hydrogen (secondary N) is 2. The van der Waals surface area contributed by atoms with Gasteiger partial charge in [-0.2, -0.15) is 11.8 Å². The SMILES string of the molecule is O=C(CSCCNC(=O)OCC1c2ccccc2-c2ccccc21)NCC1C(C(=O)O)C1(F)F. The Kier molecular flexibility index (Phi) is 7.06. The Labute approximate surface area is 199 Å². The summed E-state index contributed by atoms with van der Waals surface area (Å²) in [5, 5.41) is 13.7. The van der Waals surface area contributed by atoms with Crippen LogP contribution in [-0.2, 0) is 14.3 Å². The fourth-order valence-electron chi connectivity index (χ4n) is 4.30. The van der Waals surface area contributed by atoms with Crippen molar-refractivity contribution in [1.29, 1.82) is 0 Å². The molecule has 180 valence electrons. The molecule has 0 saturated heterocycles. The first-order valence-electron chi connectivity index (χ1n) is 10.8. The van der Waals surface area contributed by atoms with Gasteiger partial charge in [-0.05, 0) is 22.3 Å². The molecule has 34 heavy (non-hydrogen) atoms. The van der Waals surface area contributed by atoms with Crippen molar-refractivity contribution < 1.29 is 33.0 Å². The fourth-order valence-corrected chi connectivity index (χ4v) is 4.97. The molecule has 2 aromatic carbocycles. The number of rotatable bonds is 10. The first kappa shape index (κ1) is 24.0. The van der Waals surface area contributed by atoms with E-state index in [-0.39, 0.29) is 31.4 Å². The van der Waals surface area contributed by atoms with Crippen LogP contribution in [-0.4, -0.2) is 60.2 Å². The molecule has 2 aliphatic rings. The minimum Gasteiger partial charge on any atom is -0.481 e. The smallest absolute Gasteiger partial charge is 0.407 e. The van der Waals surface area contributed by atoms with Gasteiger partial charge in [0.2, 0.25) is 5.91 Å². The van der Waals surface area contributed by atoms with E-state index < -0.39 is 35.7 Å². The number of carbonyl (C=O) groups excluding carboxylic acids is 2. The van der Waals surface area contributed by atoms with Crippen molar-refractivity contribution in [2.75, 3.05) is 31.2 Å². The maximum atomic E-state index is 13.3. The second-order valence-corrected chi connectivity index (χ2v) is 9.31. The molecule has 0 heterocycles. The quantitative estimate of drug-likeness (QED) is 0.442. The Morgan fingerprint density at radius 2 is 1.62 bits per heavy atom. The molecular weight excluding hydrogens is 466 g/mol. The van der Waals surface area contributed by atoms with Gasteiger partial charge in [-0.3, -0.25) is 9.59 Å². The Balaban J connectivity index is 1.12. The number of hydrogen-bond acceptors (Lipinski definition) is 5. The summed E-state index contributed by atoms with van der Waals surface area (Å²) in [6, 6.07) is 16.1. The lowest BCUT2D eigenvalue weighted by atomic mass is 9.98. The number of carbonyl (C=O) groups is 3. The van der Waals surface area contributed by atoms with Crippen LogP contribution >= 0.6 is 11.8 Å². The average molecular weight is 491 g/mol. The Morgan fingerprint density at radius 1 is 1.00 bits per heavy atom. The summed E-state index contributed by atoms with van der Waals surface area (Å²) in [6.45, 7) is 0.107. The highest BCUT2D eigenvalue weighted by atomic mass is 32.2. The van der Waals surface area contributed by atoms with E-state index in [0.29, 0.717) is 5.75 Å². The van der Waals surface area contributed by atoms with E-state index in [9.17, 15) is 23.2 Å². The van der Waals surface area contributed by atoms with Crippen LogP contribution in [0.1, 0.15) is 17.0 Å². The van der Waals surface area contributed by atoms with Crippen LogP contribution < -0.4 is 10.6 Å². The van der Waals surface area contributed by atoms with Gasteiger partial charge in [0, 0.05) is 24.8 Å². The molecule has 10 heteroatoms. The van der Waals surface area contributed by atoms with Crippen LogP contribution in [0.5, 0.6) is 0 Å². The first-order valence-corrected chi connectivity index (χ1v) is 12.0. The largest absolute Gasteiger partial charge is 0.481 e. The number of halogens is 2. The molecule has 2 aliphatic carbocycles. The van der Waals surface area contributed by atoms with Gasteiger partial charge >= 0.3 is 12.1 Å². The van der Waals surface area contributed by atoms with Crippen molar-refractivity contribution in [1.82, 2.24) is 10.6 Å². The van der Waals surface area contributed by atoms with Gasteiger partial charge in [0.1, 0.15) is 12.5 Å². The molecule has 3 N–H and O–H groups in total. The lowest BCUT2D eigenvalue weighted by Crippen LogP contribution is -2.30. The van der Waals surface area contributed by atoms with E-state index >= 15 is 0 Å². The van der Waals surface area contributed by atoms with Crippen molar-refractivity contribution in [2.45, 2.75) is 11.8 Å². The molecule has 1 saturated carbocycles. The summed E-state index contributed by atoms with van der Waals surface area (Å²) >= 11 is 1.22. The van der Waals surface area contributed by atoms with Crippen molar-refractivity contribution in [3.63, 3.8) is 0 Å². The molecule has 2 atom stereocenters. The number of carboxylic acids is 1. The Hall–Kier alpha value is -3.14. The van der Waals surface area contributed by atoms with Crippen molar-refractivity contribution in [2.24, 2.45) is 11.8 Å². The van der Waals surface area contributed by atoms with Gasteiger partial charge in [0.15, 0.2) is 0 Å². The van der Waals surface area contributed by atoms with Crippen LogP contribution in [0.4, 0.5) is 13.6 Å². The van der Waals surface area contributed by atoms with Gasteiger partial charge in [-0.1, -0.05) is 48.5 Å². The molecule has 0 radical (unpaired) electrons. The Bertz CT molecular complexity index is 1050. The third kappa shape index (κ3) is 5.01. The zero-order chi connectivity index (χ0) is 24.3. The first-order chi connectivity index (χ1) is 16.3. The van der Waals surface area contributed by atoms with Crippen LogP contribution in [0.2, 0.25) is 0 Å². The van der Waals surface area contributed by atoms with Gasteiger partial charge in [-0.25, -0.2) is 13.6 Å². The highest BCUT2D eigenvalue weighted by Crippen LogP contribution is 2.54. The molecule has 0 bridgehead atoms. The molecule has 1 fully saturated rings. The summed E-state index contributed by atoms with van der Waals surface area (Å²) in [6.07, 6.45) is -0.553. The van der Waals surface area contributed by atoms with Crippen molar-refractivity contribution in [3.8, 4) is 11.1 Å². The lowest BCUT2D eigenvalue weighted by molar-refractivity contribution is -0.141. The third-order valence-corrected chi connectivity index (χ3v) is 7.04. The van der Waals surface area contributed by atoms with Gasteiger partial charge < -0.3 is 20.5 Å². The molecular formula is C24H24F2N2O5S. The summed E-state index contributed by atoms with van der Waals surface area (Å²) in [5.41, 5.74) is 4.53. The number of aliphatic carboxylic acids is 1. The van der Waals surface area contributed by atoms with Gasteiger partial charge in [0.25, 0.3) is 5.92 Å². The van der Waals surface area contributed by atoms with Crippen LogP contribution in [0.15, 0.2) is 48.5 Å². The molecule has 7 nitrogen and oxygen atoms in total. The van der Waals surface area contributed by atoms with E-state index in [1.165, 1.54) is 11.8 Å². The maximum absolute atomic E-state index is 13.3. The minimum atomic E-state index is -3.28. The molecule has 0 spiro atoms. The minimum absolute atomic E-state index is 0.0163. The summed E-state index contributed by atoms with van der Waals surface area (Å²) in [5.74, 6) is -7.99. The third-order valence-electron chi connectivity index (χ3n) is 6.08. The zero-order valence-corrected chi connectivity index (χ0v) is 18.9.